The Kier molecular flexibility index (Phi) is 4.18. The number of nitrogens with one attached hydrogen (secondary N) is 1. The van der Waals surface area contributed by atoms with Crippen molar-refractivity contribution in [2.75, 3.05) is 10.2 Å². The number of anilines is 2. The molecule has 7 nitrogen and oxygen atoms in total. The molecule has 1 heterocycles. The fraction of sp³-hybridized carbons (Fsp3) is 0.125. The topological polar surface area (TPSA) is 92.5 Å². The average molecular weight is 346 g/mol. The summed E-state index contributed by atoms with van der Waals surface area (Å²) in [4.78, 5) is 35.9. The van der Waals surface area contributed by atoms with Gasteiger partial charge in [0.05, 0.1) is 17.0 Å². The molecule has 2 aromatic carbocycles. The van der Waals surface area contributed by atoms with Crippen LogP contribution in [0.15, 0.2) is 48.5 Å². The number of hydrogen-bond donors (Lipinski definition) is 1. The third kappa shape index (κ3) is 3.07. The van der Waals surface area contributed by atoms with E-state index in [-0.39, 0.29) is 23.9 Å². The maximum absolute atomic E-state index is 12.5. The van der Waals surface area contributed by atoms with Crippen LogP contribution in [0.1, 0.15) is 6.42 Å². The molecule has 1 fully saturated rings. The van der Waals surface area contributed by atoms with Crippen molar-refractivity contribution in [3.05, 3.63) is 63.7 Å². The summed E-state index contributed by atoms with van der Waals surface area (Å²) in [6.45, 7) is 0. The highest BCUT2D eigenvalue weighted by atomic mass is 35.5. The molecule has 0 aliphatic carbocycles. The minimum Gasteiger partial charge on any atom is -0.373 e. The van der Waals surface area contributed by atoms with Gasteiger partial charge in [-0.2, -0.15) is 0 Å². The number of carbonyl (C=O) groups is 2. The molecule has 1 aliphatic heterocycles. The molecule has 0 aromatic heterocycles. The molecule has 8 heteroatoms. The molecule has 0 radical (unpaired) electrons. The number of hydrogen-bond acceptors (Lipinski definition) is 5. The van der Waals surface area contributed by atoms with Gasteiger partial charge in [0.1, 0.15) is 6.04 Å². The first-order valence-electron chi connectivity index (χ1n) is 7.09. The second-order valence-corrected chi connectivity index (χ2v) is 5.69. The summed E-state index contributed by atoms with van der Waals surface area (Å²) in [5.74, 6) is -0.692. The minimum absolute atomic E-state index is 0.0123. The van der Waals surface area contributed by atoms with Crippen LogP contribution in [-0.2, 0) is 9.59 Å². The van der Waals surface area contributed by atoms with Crippen molar-refractivity contribution in [2.45, 2.75) is 12.5 Å². The van der Waals surface area contributed by atoms with Crippen LogP contribution in [0.3, 0.4) is 0 Å². The predicted octanol–water partition coefficient (Wildman–Crippen LogP) is 2.99. The van der Waals surface area contributed by atoms with Crippen LogP contribution in [0.25, 0.3) is 0 Å². The van der Waals surface area contributed by atoms with Gasteiger partial charge in [-0.1, -0.05) is 11.6 Å². The normalized spacial score (nSPS) is 17.2. The molecule has 1 aliphatic rings. The summed E-state index contributed by atoms with van der Waals surface area (Å²) in [7, 11) is 0. The van der Waals surface area contributed by atoms with Gasteiger partial charge in [-0.25, -0.2) is 4.90 Å². The number of nitro groups is 1. The van der Waals surface area contributed by atoms with Crippen LogP contribution in [0.5, 0.6) is 0 Å². The number of benzene rings is 2. The zero-order valence-electron chi connectivity index (χ0n) is 12.3. The van der Waals surface area contributed by atoms with Crippen molar-refractivity contribution in [1.82, 2.24) is 0 Å². The monoisotopic (exact) mass is 345 g/mol. The molecule has 0 bridgehead atoms. The standard InChI is InChI=1S/C16H12ClN3O4/c17-10-1-5-12(6-2-10)19-15(21)9-14(16(19)22)18-11-3-7-13(8-4-11)20(23)24/h1-8,14,18H,9H2. The van der Waals surface area contributed by atoms with Crippen molar-refractivity contribution < 1.29 is 14.5 Å². The Hall–Kier alpha value is -2.93. The van der Waals surface area contributed by atoms with Crippen molar-refractivity contribution >= 4 is 40.5 Å². The molecule has 1 atom stereocenters. The van der Waals surface area contributed by atoms with Crippen LogP contribution in [0, 0.1) is 10.1 Å². The first-order valence-corrected chi connectivity index (χ1v) is 7.47. The highest BCUT2D eigenvalue weighted by Crippen LogP contribution is 2.26. The van der Waals surface area contributed by atoms with E-state index in [4.69, 9.17) is 11.6 Å². The van der Waals surface area contributed by atoms with Crippen LogP contribution < -0.4 is 10.2 Å². The van der Waals surface area contributed by atoms with Crippen molar-refractivity contribution in [2.24, 2.45) is 0 Å². The summed E-state index contributed by atoms with van der Waals surface area (Å²) in [6, 6.07) is 11.4. The van der Waals surface area contributed by atoms with Crippen LogP contribution in [0.2, 0.25) is 5.02 Å². The van der Waals surface area contributed by atoms with E-state index in [0.29, 0.717) is 16.4 Å². The molecular weight excluding hydrogens is 334 g/mol. The molecule has 0 saturated carbocycles. The molecule has 1 saturated heterocycles. The number of nitro benzene ring substituents is 1. The molecule has 1 N–H and O–H groups in total. The number of rotatable bonds is 4. The number of non-ortho nitro benzene ring substituents is 1. The van der Waals surface area contributed by atoms with E-state index in [0.717, 1.165) is 4.90 Å². The molecule has 2 amide bonds. The second-order valence-electron chi connectivity index (χ2n) is 5.25. The number of amides is 2. The lowest BCUT2D eigenvalue weighted by Gasteiger charge is -2.16. The second kappa shape index (κ2) is 6.29. The number of carbonyl (C=O) groups excluding carboxylic acids is 2. The summed E-state index contributed by atoms with van der Waals surface area (Å²) >= 11 is 5.81. The summed E-state index contributed by atoms with van der Waals surface area (Å²) < 4.78 is 0. The fourth-order valence-electron chi connectivity index (χ4n) is 2.49. The smallest absolute Gasteiger partial charge is 0.269 e. The number of halogens is 1. The largest absolute Gasteiger partial charge is 0.373 e. The Bertz CT molecular complexity index is 805. The summed E-state index contributed by atoms with van der Waals surface area (Å²) in [6.07, 6.45) is 0.0123. The Balaban J connectivity index is 1.76. The zero-order chi connectivity index (χ0) is 17.3. The van der Waals surface area contributed by atoms with Crippen LogP contribution in [0.4, 0.5) is 17.1 Å². The molecule has 0 spiro atoms. The minimum atomic E-state index is -0.713. The van der Waals surface area contributed by atoms with E-state index in [1.807, 2.05) is 0 Å². The van der Waals surface area contributed by atoms with Gasteiger partial charge in [-0.3, -0.25) is 19.7 Å². The number of imide groups is 1. The number of nitrogens with zero attached hydrogens (tertiary/aromatic N) is 2. The Morgan fingerprint density at radius 3 is 2.29 bits per heavy atom. The van der Waals surface area contributed by atoms with Gasteiger partial charge in [0, 0.05) is 22.8 Å². The van der Waals surface area contributed by atoms with E-state index >= 15 is 0 Å². The first kappa shape index (κ1) is 15.9. The van der Waals surface area contributed by atoms with E-state index < -0.39 is 11.0 Å². The Morgan fingerprint density at radius 2 is 1.71 bits per heavy atom. The van der Waals surface area contributed by atoms with E-state index in [9.17, 15) is 19.7 Å². The van der Waals surface area contributed by atoms with Gasteiger partial charge >= 0.3 is 0 Å². The highest BCUT2D eigenvalue weighted by molar-refractivity contribution is 6.30. The molecule has 1 unspecified atom stereocenters. The fourth-order valence-corrected chi connectivity index (χ4v) is 2.61. The third-order valence-electron chi connectivity index (χ3n) is 3.65. The van der Waals surface area contributed by atoms with E-state index in [1.165, 1.54) is 24.3 Å². The van der Waals surface area contributed by atoms with Gasteiger partial charge in [0.25, 0.3) is 11.6 Å². The van der Waals surface area contributed by atoms with Crippen molar-refractivity contribution in [1.29, 1.82) is 0 Å². The maximum Gasteiger partial charge on any atom is 0.269 e. The van der Waals surface area contributed by atoms with E-state index in [2.05, 4.69) is 5.32 Å². The lowest BCUT2D eigenvalue weighted by Crippen LogP contribution is -2.34. The molecule has 24 heavy (non-hydrogen) atoms. The van der Waals surface area contributed by atoms with Gasteiger partial charge in [-0.15, -0.1) is 0 Å². The SMILES string of the molecule is O=C1CC(Nc2ccc([N+](=O)[O-])cc2)C(=O)N1c1ccc(Cl)cc1. The van der Waals surface area contributed by atoms with Gasteiger partial charge < -0.3 is 5.32 Å². The molecule has 3 rings (SSSR count). The lowest BCUT2D eigenvalue weighted by atomic mass is 10.2. The Labute approximate surface area is 142 Å². The Morgan fingerprint density at radius 1 is 1.08 bits per heavy atom. The first-order chi connectivity index (χ1) is 11.5. The van der Waals surface area contributed by atoms with E-state index in [1.54, 1.807) is 24.3 Å². The molecular formula is C16H12ClN3O4. The summed E-state index contributed by atoms with van der Waals surface area (Å²) in [5, 5.41) is 14.1. The van der Waals surface area contributed by atoms with Gasteiger partial charge in [0.2, 0.25) is 5.91 Å². The zero-order valence-corrected chi connectivity index (χ0v) is 13.1. The molecule has 122 valence electrons. The van der Waals surface area contributed by atoms with Crippen LogP contribution in [-0.4, -0.2) is 22.8 Å². The van der Waals surface area contributed by atoms with Gasteiger partial charge in [0.15, 0.2) is 0 Å². The van der Waals surface area contributed by atoms with Crippen molar-refractivity contribution in [3.63, 3.8) is 0 Å². The highest BCUT2D eigenvalue weighted by Gasteiger charge is 2.39. The maximum atomic E-state index is 12.5. The predicted molar refractivity (Wildman–Crippen MR) is 89.1 cm³/mol. The third-order valence-corrected chi connectivity index (χ3v) is 3.90. The van der Waals surface area contributed by atoms with Crippen LogP contribution >= 0.6 is 11.6 Å². The average Bonchev–Trinajstić information content (AvgIpc) is 2.83. The summed E-state index contributed by atoms with van der Waals surface area (Å²) in [5.41, 5.74) is 0.948. The quantitative estimate of drug-likeness (QED) is 0.522. The van der Waals surface area contributed by atoms with Crippen molar-refractivity contribution in [3.8, 4) is 0 Å². The lowest BCUT2D eigenvalue weighted by molar-refractivity contribution is -0.384. The molecule has 2 aromatic rings. The van der Waals surface area contributed by atoms with Gasteiger partial charge in [-0.05, 0) is 36.4 Å².